The molecule has 3 N–H and O–H groups in total. The lowest BCUT2D eigenvalue weighted by Crippen LogP contribution is -2.24. The normalized spacial score (nSPS) is 15.0. The first-order valence-corrected chi connectivity index (χ1v) is 7.38. The summed E-state index contributed by atoms with van der Waals surface area (Å²) >= 11 is 0. The van der Waals surface area contributed by atoms with Crippen molar-refractivity contribution >= 4 is 29.3 Å². The highest BCUT2D eigenvalue weighted by Crippen LogP contribution is 2.38. The highest BCUT2D eigenvalue weighted by molar-refractivity contribution is 5.93. The number of hydrogen-bond donors (Lipinski definition) is 2. The summed E-state index contributed by atoms with van der Waals surface area (Å²) in [6, 6.07) is 2.35. The van der Waals surface area contributed by atoms with Gasteiger partial charge in [-0.05, 0) is 25.8 Å². The Morgan fingerprint density at radius 1 is 1.50 bits per heavy atom. The fourth-order valence-corrected chi connectivity index (χ4v) is 2.49. The zero-order valence-electron chi connectivity index (χ0n) is 13.0. The van der Waals surface area contributed by atoms with Crippen molar-refractivity contribution in [1.82, 2.24) is 4.57 Å². The SMILES string of the molecule is CC(N)COc1cc2c(cc1F)c(=O)c(C(=O)O)cn2C1CC1.Cl. The van der Waals surface area contributed by atoms with Gasteiger partial charge in [0.15, 0.2) is 11.6 Å². The van der Waals surface area contributed by atoms with E-state index < -0.39 is 17.2 Å². The molecule has 24 heavy (non-hydrogen) atoms. The number of hydrogen-bond acceptors (Lipinski definition) is 4. The van der Waals surface area contributed by atoms with Crippen LogP contribution < -0.4 is 15.9 Å². The third-order valence-corrected chi connectivity index (χ3v) is 3.76. The van der Waals surface area contributed by atoms with Gasteiger partial charge in [-0.1, -0.05) is 0 Å². The third-order valence-electron chi connectivity index (χ3n) is 3.76. The van der Waals surface area contributed by atoms with E-state index in [4.69, 9.17) is 10.5 Å². The maximum Gasteiger partial charge on any atom is 0.341 e. The van der Waals surface area contributed by atoms with E-state index in [1.807, 2.05) is 0 Å². The van der Waals surface area contributed by atoms with Crippen molar-refractivity contribution in [2.24, 2.45) is 5.73 Å². The molecule has 2 aromatic rings. The van der Waals surface area contributed by atoms with Crippen molar-refractivity contribution in [2.75, 3.05) is 6.61 Å². The molecular weight excluding hydrogens is 339 g/mol. The average molecular weight is 357 g/mol. The molecule has 1 unspecified atom stereocenters. The summed E-state index contributed by atoms with van der Waals surface area (Å²) in [6.07, 6.45) is 3.12. The van der Waals surface area contributed by atoms with Crippen molar-refractivity contribution in [1.29, 1.82) is 0 Å². The minimum atomic E-state index is -1.32. The standard InChI is InChI=1S/C16H17FN2O4.ClH/c1-8(18)7-23-14-5-13-10(4-12(14)17)15(20)11(16(21)22)6-19(13)9-2-3-9;/h4-6,8-9H,2-3,7,18H2,1H3,(H,21,22);1H. The summed E-state index contributed by atoms with van der Waals surface area (Å²) in [5.41, 5.74) is 5.03. The predicted octanol–water partition coefficient (Wildman–Crippen LogP) is 2.32. The number of carboxylic acid groups (broad SMARTS) is 1. The van der Waals surface area contributed by atoms with Crippen molar-refractivity contribution in [3.8, 4) is 5.75 Å². The second-order valence-corrected chi connectivity index (χ2v) is 5.90. The molecule has 0 radical (unpaired) electrons. The van der Waals surface area contributed by atoms with E-state index in [-0.39, 0.29) is 47.8 Å². The smallest absolute Gasteiger partial charge is 0.341 e. The molecule has 1 aliphatic rings. The molecule has 1 atom stereocenters. The number of pyridine rings is 1. The van der Waals surface area contributed by atoms with Crippen LogP contribution in [-0.4, -0.2) is 28.3 Å². The summed E-state index contributed by atoms with van der Waals surface area (Å²) in [6.45, 7) is 1.88. The Morgan fingerprint density at radius 3 is 2.71 bits per heavy atom. The Bertz CT molecular complexity index is 846. The predicted molar refractivity (Wildman–Crippen MR) is 89.8 cm³/mol. The topological polar surface area (TPSA) is 94.6 Å². The van der Waals surface area contributed by atoms with Crippen molar-refractivity contribution in [3.05, 3.63) is 39.9 Å². The second kappa shape index (κ2) is 6.78. The number of aromatic carboxylic acids is 1. The Labute approximate surface area is 143 Å². The maximum atomic E-state index is 14.2. The number of carbonyl (C=O) groups is 1. The second-order valence-electron chi connectivity index (χ2n) is 5.90. The number of benzene rings is 1. The molecular formula is C16H18ClFN2O4. The molecule has 1 heterocycles. The van der Waals surface area contributed by atoms with Crippen molar-refractivity contribution in [2.45, 2.75) is 31.8 Å². The lowest BCUT2D eigenvalue weighted by atomic mass is 10.1. The van der Waals surface area contributed by atoms with Gasteiger partial charge in [0, 0.05) is 29.7 Å². The molecule has 130 valence electrons. The molecule has 0 amide bonds. The summed E-state index contributed by atoms with van der Waals surface area (Å²) in [4.78, 5) is 23.5. The molecule has 1 fully saturated rings. The highest BCUT2D eigenvalue weighted by Gasteiger charge is 2.27. The lowest BCUT2D eigenvalue weighted by Gasteiger charge is -2.14. The Hall–Kier alpha value is -2.12. The van der Waals surface area contributed by atoms with Gasteiger partial charge in [0.1, 0.15) is 12.2 Å². The van der Waals surface area contributed by atoms with Gasteiger partial charge in [0.25, 0.3) is 0 Å². The monoisotopic (exact) mass is 356 g/mol. The quantitative estimate of drug-likeness (QED) is 0.857. The summed E-state index contributed by atoms with van der Waals surface area (Å²) < 4.78 is 21.2. The van der Waals surface area contributed by atoms with Crippen LogP contribution in [0, 0.1) is 5.82 Å². The van der Waals surface area contributed by atoms with Gasteiger partial charge >= 0.3 is 5.97 Å². The number of rotatable bonds is 5. The minimum absolute atomic E-state index is 0. The molecule has 0 saturated heterocycles. The first kappa shape index (κ1) is 18.2. The number of aromatic nitrogens is 1. The summed E-state index contributed by atoms with van der Waals surface area (Å²) in [5, 5.41) is 9.22. The van der Waals surface area contributed by atoms with Crippen LogP contribution in [0.15, 0.2) is 23.1 Å². The number of nitrogens with two attached hydrogens (primary N) is 1. The van der Waals surface area contributed by atoms with Crippen molar-refractivity contribution < 1.29 is 19.0 Å². The van der Waals surface area contributed by atoms with E-state index in [9.17, 15) is 19.1 Å². The minimum Gasteiger partial charge on any atom is -0.489 e. The zero-order valence-corrected chi connectivity index (χ0v) is 13.8. The molecule has 1 saturated carbocycles. The molecule has 6 nitrogen and oxygen atoms in total. The molecule has 8 heteroatoms. The van der Waals surface area contributed by atoms with Crippen LogP contribution in [-0.2, 0) is 0 Å². The first-order valence-electron chi connectivity index (χ1n) is 7.38. The van der Waals surface area contributed by atoms with E-state index in [2.05, 4.69) is 0 Å². The van der Waals surface area contributed by atoms with Crippen LogP contribution >= 0.6 is 12.4 Å². The number of fused-ring (bicyclic) bond motifs is 1. The lowest BCUT2D eigenvalue weighted by molar-refractivity contribution is 0.0695. The van der Waals surface area contributed by atoms with Crippen molar-refractivity contribution in [3.63, 3.8) is 0 Å². The van der Waals surface area contributed by atoms with Crippen LogP contribution in [0.5, 0.6) is 5.75 Å². The van der Waals surface area contributed by atoms with Gasteiger partial charge in [-0.2, -0.15) is 0 Å². The molecule has 0 aliphatic heterocycles. The highest BCUT2D eigenvalue weighted by atomic mass is 35.5. The fraction of sp³-hybridized carbons (Fsp3) is 0.375. The molecule has 1 aliphatic carbocycles. The molecule has 0 spiro atoms. The molecule has 3 rings (SSSR count). The molecule has 1 aromatic carbocycles. The van der Waals surface area contributed by atoms with E-state index >= 15 is 0 Å². The summed E-state index contributed by atoms with van der Waals surface area (Å²) in [7, 11) is 0. The molecule has 1 aromatic heterocycles. The van der Waals surface area contributed by atoms with Gasteiger partial charge in [0.2, 0.25) is 5.43 Å². The van der Waals surface area contributed by atoms with E-state index in [1.165, 1.54) is 12.3 Å². The van der Waals surface area contributed by atoms with Gasteiger partial charge in [-0.3, -0.25) is 4.79 Å². The van der Waals surface area contributed by atoms with Crippen LogP contribution in [0.1, 0.15) is 36.2 Å². The number of ether oxygens (including phenoxy) is 1. The number of nitrogens with zero attached hydrogens (tertiary/aromatic N) is 1. The number of carboxylic acids is 1. The van der Waals surface area contributed by atoms with Gasteiger partial charge < -0.3 is 20.1 Å². The van der Waals surface area contributed by atoms with Crippen LogP contribution in [0.4, 0.5) is 4.39 Å². The Morgan fingerprint density at radius 2 is 2.17 bits per heavy atom. The first-order chi connectivity index (χ1) is 10.9. The fourth-order valence-electron chi connectivity index (χ4n) is 2.49. The van der Waals surface area contributed by atoms with E-state index in [1.54, 1.807) is 11.5 Å². The molecule has 0 bridgehead atoms. The van der Waals surface area contributed by atoms with Gasteiger partial charge in [0.05, 0.1) is 5.52 Å². The third kappa shape index (κ3) is 3.37. The largest absolute Gasteiger partial charge is 0.489 e. The number of halogens is 2. The summed E-state index contributed by atoms with van der Waals surface area (Å²) in [5.74, 6) is -2.02. The Balaban J connectivity index is 0.00000208. The van der Waals surface area contributed by atoms with Crippen LogP contribution in [0.25, 0.3) is 10.9 Å². The Kier molecular flexibility index (Phi) is 5.15. The van der Waals surface area contributed by atoms with Crippen LogP contribution in [0.2, 0.25) is 0 Å². The van der Waals surface area contributed by atoms with Crippen LogP contribution in [0.3, 0.4) is 0 Å². The van der Waals surface area contributed by atoms with Gasteiger partial charge in [-0.25, -0.2) is 9.18 Å². The average Bonchev–Trinajstić information content (AvgIpc) is 3.30. The van der Waals surface area contributed by atoms with Gasteiger partial charge in [-0.15, -0.1) is 12.4 Å². The van der Waals surface area contributed by atoms with E-state index in [0.717, 1.165) is 18.9 Å². The maximum absolute atomic E-state index is 14.2. The zero-order chi connectivity index (χ0) is 16.7. The van der Waals surface area contributed by atoms with E-state index in [0.29, 0.717) is 5.52 Å².